The lowest BCUT2D eigenvalue weighted by atomic mass is 10.1. The highest BCUT2D eigenvalue weighted by atomic mass is 32.1. The van der Waals surface area contributed by atoms with E-state index < -0.39 is 35.8 Å². The Morgan fingerprint density at radius 3 is 2.47 bits per heavy atom. The van der Waals surface area contributed by atoms with Gasteiger partial charge in [-0.1, -0.05) is 0 Å². The fourth-order valence-corrected chi connectivity index (χ4v) is 2.17. The molecule has 1 unspecified atom stereocenters. The van der Waals surface area contributed by atoms with Crippen LogP contribution in [0.2, 0.25) is 0 Å². The summed E-state index contributed by atoms with van der Waals surface area (Å²) in [7, 11) is 0. The van der Waals surface area contributed by atoms with Crippen molar-refractivity contribution in [2.75, 3.05) is 12.3 Å². The Hall–Kier alpha value is -0.920. The van der Waals surface area contributed by atoms with E-state index in [1.165, 1.54) is 0 Å². The van der Waals surface area contributed by atoms with E-state index in [-0.39, 0.29) is 13.0 Å². The van der Waals surface area contributed by atoms with Crippen molar-refractivity contribution in [3.63, 3.8) is 0 Å². The molecule has 0 radical (unpaired) electrons. The number of hydrogen-bond acceptors (Lipinski definition) is 3. The predicted octanol–water partition coefficient (Wildman–Crippen LogP) is 1.17. The zero-order chi connectivity index (χ0) is 13.2. The SMILES string of the molecule is O=C(O)[C@@H]1CCCN1C(=O)C(CS)C(F)(F)F. The molecule has 0 aromatic rings. The van der Waals surface area contributed by atoms with E-state index in [1.807, 2.05) is 0 Å². The van der Waals surface area contributed by atoms with Crippen molar-refractivity contribution in [1.82, 2.24) is 4.90 Å². The van der Waals surface area contributed by atoms with Crippen molar-refractivity contribution in [2.24, 2.45) is 5.92 Å². The molecule has 1 aliphatic heterocycles. The van der Waals surface area contributed by atoms with E-state index in [4.69, 9.17) is 5.11 Å². The Morgan fingerprint density at radius 1 is 1.47 bits per heavy atom. The zero-order valence-corrected chi connectivity index (χ0v) is 9.67. The van der Waals surface area contributed by atoms with Gasteiger partial charge in [-0.05, 0) is 12.8 Å². The van der Waals surface area contributed by atoms with Crippen LogP contribution in [0.3, 0.4) is 0 Å². The number of carbonyl (C=O) groups is 2. The second-order valence-electron chi connectivity index (χ2n) is 3.80. The number of likely N-dealkylation sites (tertiary alicyclic amines) is 1. The lowest BCUT2D eigenvalue weighted by molar-refractivity contribution is -0.186. The third-order valence-corrected chi connectivity index (χ3v) is 3.06. The van der Waals surface area contributed by atoms with E-state index in [0.29, 0.717) is 6.42 Å². The summed E-state index contributed by atoms with van der Waals surface area (Å²) in [5.74, 6) is -5.37. The van der Waals surface area contributed by atoms with E-state index in [2.05, 4.69) is 12.6 Å². The van der Waals surface area contributed by atoms with E-state index in [9.17, 15) is 22.8 Å². The Morgan fingerprint density at radius 2 is 2.06 bits per heavy atom. The highest BCUT2D eigenvalue weighted by molar-refractivity contribution is 7.80. The molecular formula is C9H12F3NO3S. The van der Waals surface area contributed by atoms with Gasteiger partial charge >= 0.3 is 12.1 Å². The molecule has 1 aliphatic rings. The minimum atomic E-state index is -4.69. The first kappa shape index (κ1) is 14.1. The number of carboxylic acid groups (broad SMARTS) is 1. The predicted molar refractivity (Wildman–Crippen MR) is 55.8 cm³/mol. The summed E-state index contributed by atoms with van der Waals surface area (Å²) >= 11 is 3.51. The fraction of sp³-hybridized carbons (Fsp3) is 0.778. The van der Waals surface area contributed by atoms with Gasteiger partial charge < -0.3 is 10.0 Å². The molecule has 1 N–H and O–H groups in total. The van der Waals surface area contributed by atoms with Crippen molar-refractivity contribution in [1.29, 1.82) is 0 Å². The van der Waals surface area contributed by atoms with Crippen molar-refractivity contribution >= 4 is 24.5 Å². The minimum absolute atomic E-state index is 0.0517. The number of rotatable bonds is 3. The molecule has 0 bridgehead atoms. The van der Waals surface area contributed by atoms with Crippen LogP contribution >= 0.6 is 12.6 Å². The van der Waals surface area contributed by atoms with Crippen LogP contribution in [0.4, 0.5) is 13.2 Å². The van der Waals surface area contributed by atoms with Crippen molar-refractivity contribution in [3.8, 4) is 0 Å². The maximum absolute atomic E-state index is 12.5. The topological polar surface area (TPSA) is 57.6 Å². The van der Waals surface area contributed by atoms with Crippen molar-refractivity contribution < 1.29 is 27.9 Å². The Kier molecular flexibility index (Phi) is 4.29. The monoisotopic (exact) mass is 271 g/mol. The number of hydrogen-bond donors (Lipinski definition) is 2. The van der Waals surface area contributed by atoms with E-state index in [0.717, 1.165) is 4.90 Å². The quantitative estimate of drug-likeness (QED) is 0.758. The van der Waals surface area contributed by atoms with Crippen LogP contribution in [0.5, 0.6) is 0 Å². The van der Waals surface area contributed by atoms with Gasteiger partial charge in [-0.3, -0.25) is 4.79 Å². The molecule has 0 aliphatic carbocycles. The summed E-state index contributed by atoms with van der Waals surface area (Å²) in [5.41, 5.74) is 0. The van der Waals surface area contributed by atoms with Gasteiger partial charge in [-0.15, -0.1) is 0 Å². The van der Waals surface area contributed by atoms with Crippen molar-refractivity contribution in [2.45, 2.75) is 25.1 Å². The van der Waals surface area contributed by atoms with Crippen LogP contribution in [0.1, 0.15) is 12.8 Å². The molecule has 2 atom stereocenters. The van der Waals surface area contributed by atoms with Crippen LogP contribution in [0.25, 0.3) is 0 Å². The summed E-state index contributed by atoms with van der Waals surface area (Å²) in [6, 6.07) is -1.15. The second-order valence-corrected chi connectivity index (χ2v) is 4.17. The molecule has 0 aromatic carbocycles. The van der Waals surface area contributed by atoms with Gasteiger partial charge in [0.05, 0.1) is 0 Å². The first-order chi connectivity index (χ1) is 7.79. The van der Waals surface area contributed by atoms with E-state index >= 15 is 0 Å². The Balaban J connectivity index is 2.84. The first-order valence-electron chi connectivity index (χ1n) is 5.00. The molecule has 1 saturated heterocycles. The molecule has 4 nitrogen and oxygen atoms in total. The summed E-state index contributed by atoms with van der Waals surface area (Å²) in [5, 5.41) is 8.80. The van der Waals surface area contributed by atoms with Crippen LogP contribution in [0, 0.1) is 5.92 Å². The third kappa shape index (κ3) is 3.05. The third-order valence-electron chi connectivity index (χ3n) is 2.70. The van der Waals surface area contributed by atoms with Gasteiger partial charge in [0.1, 0.15) is 12.0 Å². The number of amides is 1. The molecule has 0 spiro atoms. The molecular weight excluding hydrogens is 259 g/mol. The van der Waals surface area contributed by atoms with Crippen molar-refractivity contribution in [3.05, 3.63) is 0 Å². The molecule has 1 heterocycles. The van der Waals surface area contributed by atoms with Gasteiger partial charge in [0.15, 0.2) is 0 Å². The molecule has 1 fully saturated rings. The van der Waals surface area contributed by atoms with Gasteiger partial charge in [0.25, 0.3) is 0 Å². The average molecular weight is 271 g/mol. The molecule has 17 heavy (non-hydrogen) atoms. The average Bonchev–Trinajstić information content (AvgIpc) is 2.64. The van der Waals surface area contributed by atoms with Gasteiger partial charge in [-0.25, -0.2) is 4.79 Å². The summed E-state index contributed by atoms with van der Waals surface area (Å²) in [6.45, 7) is 0.0517. The van der Waals surface area contributed by atoms with Gasteiger partial charge in [0, 0.05) is 12.3 Å². The van der Waals surface area contributed by atoms with Crippen LogP contribution in [-0.2, 0) is 9.59 Å². The molecule has 0 saturated carbocycles. The number of halogens is 3. The highest BCUT2D eigenvalue weighted by Gasteiger charge is 2.48. The number of aliphatic carboxylic acids is 1. The fourth-order valence-electron chi connectivity index (χ4n) is 1.81. The van der Waals surface area contributed by atoms with E-state index in [1.54, 1.807) is 0 Å². The number of carboxylic acids is 1. The molecule has 1 rings (SSSR count). The smallest absolute Gasteiger partial charge is 0.401 e. The normalized spacial score (nSPS) is 22.6. The number of thiol groups is 1. The van der Waals surface area contributed by atoms with Crippen LogP contribution < -0.4 is 0 Å². The number of nitrogens with zero attached hydrogens (tertiary/aromatic N) is 1. The maximum Gasteiger partial charge on any atom is 0.401 e. The summed E-state index contributed by atoms with van der Waals surface area (Å²) in [6.07, 6.45) is -4.09. The lowest BCUT2D eigenvalue weighted by Gasteiger charge is -2.27. The zero-order valence-electron chi connectivity index (χ0n) is 8.78. The maximum atomic E-state index is 12.5. The molecule has 98 valence electrons. The molecule has 0 aromatic heterocycles. The molecule has 8 heteroatoms. The molecule has 1 amide bonds. The summed E-state index contributed by atoms with van der Waals surface area (Å²) < 4.78 is 37.5. The van der Waals surface area contributed by atoms with Gasteiger partial charge in [-0.2, -0.15) is 25.8 Å². The largest absolute Gasteiger partial charge is 0.480 e. The number of carbonyl (C=O) groups excluding carboxylic acids is 1. The van der Waals surface area contributed by atoms with Crippen LogP contribution in [-0.4, -0.2) is 46.4 Å². The van der Waals surface area contributed by atoms with Gasteiger partial charge in [0.2, 0.25) is 5.91 Å². The first-order valence-corrected chi connectivity index (χ1v) is 5.63. The standard InChI is InChI=1S/C9H12F3NO3S/c10-9(11,12)5(4-17)7(14)13-3-1-2-6(13)8(15)16/h5-6,17H,1-4H2,(H,15,16)/t5?,6-/m0/s1. The summed E-state index contributed by atoms with van der Waals surface area (Å²) in [4.78, 5) is 23.2. The Bertz CT molecular complexity index is 321. The lowest BCUT2D eigenvalue weighted by Crippen LogP contribution is -2.47. The second kappa shape index (κ2) is 5.16. The van der Waals surface area contributed by atoms with Crippen LogP contribution in [0.15, 0.2) is 0 Å². The number of alkyl halides is 3. The highest BCUT2D eigenvalue weighted by Crippen LogP contribution is 2.31. The minimum Gasteiger partial charge on any atom is -0.480 e. The Labute approximate surface area is 101 Å².